The van der Waals surface area contributed by atoms with Crippen molar-refractivity contribution in [3.05, 3.63) is 45.4 Å². The standard InChI is InChI=1S/C18H21Cl2FN2/c1-4-7-12(8-5-2)15-16(18(20)23-22-17(15)19)14-11(3)9-6-10-13(14)21/h6,9-10,12H,4-5,7-8H2,1-3H3. The van der Waals surface area contributed by atoms with Crippen LogP contribution in [-0.4, -0.2) is 10.2 Å². The molecule has 1 aromatic carbocycles. The Morgan fingerprint density at radius 1 is 1.00 bits per heavy atom. The van der Waals surface area contributed by atoms with Gasteiger partial charge in [-0.3, -0.25) is 0 Å². The normalized spacial score (nSPS) is 11.3. The van der Waals surface area contributed by atoms with Gasteiger partial charge in [0.05, 0.1) is 0 Å². The van der Waals surface area contributed by atoms with E-state index in [2.05, 4.69) is 24.0 Å². The predicted octanol–water partition coefficient (Wildman–Crippen LogP) is 6.58. The third-order valence-corrected chi connectivity index (χ3v) is 4.62. The Hall–Kier alpha value is -1.19. The van der Waals surface area contributed by atoms with Crippen LogP contribution in [0.2, 0.25) is 10.3 Å². The molecule has 0 aliphatic heterocycles. The molecule has 2 nitrogen and oxygen atoms in total. The molecule has 0 saturated heterocycles. The van der Waals surface area contributed by atoms with Crippen LogP contribution >= 0.6 is 23.2 Å². The van der Waals surface area contributed by atoms with Gasteiger partial charge in [0.2, 0.25) is 0 Å². The van der Waals surface area contributed by atoms with Crippen molar-refractivity contribution in [2.75, 3.05) is 0 Å². The summed E-state index contributed by atoms with van der Waals surface area (Å²) in [5, 5.41) is 8.41. The Labute approximate surface area is 147 Å². The van der Waals surface area contributed by atoms with Crippen LogP contribution in [-0.2, 0) is 0 Å². The second kappa shape index (κ2) is 8.07. The Bertz CT molecular complexity index is 663. The molecular weight excluding hydrogens is 334 g/mol. The van der Waals surface area contributed by atoms with Gasteiger partial charge in [-0.15, -0.1) is 10.2 Å². The smallest absolute Gasteiger partial charge is 0.160 e. The highest BCUT2D eigenvalue weighted by atomic mass is 35.5. The summed E-state index contributed by atoms with van der Waals surface area (Å²) in [4.78, 5) is 0. The quantitative estimate of drug-likeness (QED) is 0.585. The first-order valence-electron chi connectivity index (χ1n) is 7.98. The van der Waals surface area contributed by atoms with Crippen LogP contribution in [0.15, 0.2) is 18.2 Å². The Balaban J connectivity index is 2.75. The Morgan fingerprint density at radius 2 is 1.61 bits per heavy atom. The average Bonchev–Trinajstić information content (AvgIpc) is 2.50. The van der Waals surface area contributed by atoms with E-state index in [0.717, 1.165) is 36.8 Å². The van der Waals surface area contributed by atoms with Gasteiger partial charge in [0.1, 0.15) is 5.82 Å². The van der Waals surface area contributed by atoms with Crippen molar-refractivity contribution in [3.63, 3.8) is 0 Å². The first kappa shape index (κ1) is 18.2. The maximum atomic E-state index is 14.5. The van der Waals surface area contributed by atoms with Crippen molar-refractivity contribution in [1.29, 1.82) is 0 Å². The van der Waals surface area contributed by atoms with Gasteiger partial charge in [-0.2, -0.15) is 0 Å². The molecule has 23 heavy (non-hydrogen) atoms. The minimum atomic E-state index is -0.316. The maximum absolute atomic E-state index is 14.5. The summed E-state index contributed by atoms with van der Waals surface area (Å²) in [7, 11) is 0. The number of hydrogen-bond donors (Lipinski definition) is 0. The zero-order chi connectivity index (χ0) is 17.0. The van der Waals surface area contributed by atoms with Crippen molar-refractivity contribution in [1.82, 2.24) is 10.2 Å². The largest absolute Gasteiger partial charge is 0.206 e. The molecule has 0 unspecified atom stereocenters. The van der Waals surface area contributed by atoms with E-state index in [-0.39, 0.29) is 16.9 Å². The molecule has 2 rings (SSSR count). The highest BCUT2D eigenvalue weighted by Crippen LogP contribution is 2.42. The Morgan fingerprint density at radius 3 is 2.17 bits per heavy atom. The van der Waals surface area contributed by atoms with E-state index < -0.39 is 0 Å². The molecule has 1 aromatic heterocycles. The van der Waals surface area contributed by atoms with E-state index in [0.29, 0.717) is 16.3 Å². The minimum absolute atomic E-state index is 0.194. The molecule has 5 heteroatoms. The lowest BCUT2D eigenvalue weighted by atomic mass is 9.86. The summed E-state index contributed by atoms with van der Waals surface area (Å²) >= 11 is 12.7. The number of hydrogen-bond acceptors (Lipinski definition) is 2. The molecule has 0 bridgehead atoms. The minimum Gasteiger partial charge on any atom is -0.206 e. The van der Waals surface area contributed by atoms with Crippen LogP contribution in [0.5, 0.6) is 0 Å². The summed E-state index contributed by atoms with van der Waals surface area (Å²) in [5.74, 6) is -0.122. The van der Waals surface area contributed by atoms with Gasteiger partial charge in [-0.05, 0) is 37.3 Å². The molecule has 0 fully saturated rings. The van der Waals surface area contributed by atoms with E-state index in [1.165, 1.54) is 6.07 Å². The van der Waals surface area contributed by atoms with Gasteiger partial charge >= 0.3 is 0 Å². The molecule has 1 heterocycles. The van der Waals surface area contributed by atoms with Crippen molar-refractivity contribution in [3.8, 4) is 11.1 Å². The number of aromatic nitrogens is 2. The SMILES string of the molecule is CCCC(CCC)c1c(Cl)nnc(Cl)c1-c1c(C)cccc1F. The molecular formula is C18H21Cl2FN2. The number of rotatable bonds is 6. The third kappa shape index (κ3) is 3.84. The van der Waals surface area contributed by atoms with Gasteiger partial charge in [0, 0.05) is 16.7 Å². The topological polar surface area (TPSA) is 25.8 Å². The molecule has 0 spiro atoms. The lowest BCUT2D eigenvalue weighted by Gasteiger charge is -2.22. The second-order valence-electron chi connectivity index (χ2n) is 5.78. The van der Waals surface area contributed by atoms with E-state index >= 15 is 0 Å². The highest BCUT2D eigenvalue weighted by Gasteiger charge is 2.25. The fraction of sp³-hybridized carbons (Fsp3) is 0.444. The van der Waals surface area contributed by atoms with Crippen molar-refractivity contribution in [2.24, 2.45) is 0 Å². The van der Waals surface area contributed by atoms with E-state index in [1.54, 1.807) is 6.07 Å². The fourth-order valence-electron chi connectivity index (χ4n) is 3.09. The Kier molecular flexibility index (Phi) is 6.37. The molecule has 2 aromatic rings. The lowest BCUT2D eigenvalue weighted by Crippen LogP contribution is -2.07. The predicted molar refractivity (Wildman–Crippen MR) is 94.7 cm³/mol. The number of nitrogens with zero attached hydrogens (tertiary/aromatic N) is 2. The first-order chi connectivity index (χ1) is 11.0. The van der Waals surface area contributed by atoms with E-state index in [1.807, 2.05) is 13.0 Å². The molecule has 0 atom stereocenters. The summed E-state index contributed by atoms with van der Waals surface area (Å²) in [5.41, 5.74) is 2.70. The van der Waals surface area contributed by atoms with Crippen molar-refractivity contribution in [2.45, 2.75) is 52.4 Å². The van der Waals surface area contributed by atoms with Crippen LogP contribution < -0.4 is 0 Å². The molecule has 0 saturated carbocycles. The molecule has 124 valence electrons. The molecule has 0 amide bonds. The lowest BCUT2D eigenvalue weighted by molar-refractivity contribution is 0.558. The van der Waals surface area contributed by atoms with Crippen LogP contribution in [0.25, 0.3) is 11.1 Å². The zero-order valence-electron chi connectivity index (χ0n) is 13.7. The van der Waals surface area contributed by atoms with Crippen LogP contribution in [0.3, 0.4) is 0 Å². The van der Waals surface area contributed by atoms with Crippen LogP contribution in [0.1, 0.15) is 56.6 Å². The van der Waals surface area contributed by atoms with Crippen molar-refractivity contribution < 1.29 is 4.39 Å². The number of benzene rings is 1. The van der Waals surface area contributed by atoms with E-state index in [9.17, 15) is 4.39 Å². The van der Waals surface area contributed by atoms with E-state index in [4.69, 9.17) is 23.2 Å². The van der Waals surface area contributed by atoms with Gasteiger partial charge in [0.15, 0.2) is 10.3 Å². The summed E-state index contributed by atoms with van der Waals surface area (Å²) in [6, 6.07) is 4.99. The van der Waals surface area contributed by atoms with Crippen LogP contribution in [0, 0.1) is 12.7 Å². The molecule has 0 N–H and O–H groups in total. The van der Waals surface area contributed by atoms with Gasteiger partial charge in [0.25, 0.3) is 0 Å². The summed E-state index contributed by atoms with van der Waals surface area (Å²) in [6.45, 7) is 6.11. The second-order valence-corrected chi connectivity index (χ2v) is 6.49. The van der Waals surface area contributed by atoms with Crippen molar-refractivity contribution >= 4 is 23.2 Å². The molecule has 0 aliphatic carbocycles. The fourth-order valence-corrected chi connectivity index (χ4v) is 3.62. The summed E-state index contributed by atoms with van der Waals surface area (Å²) in [6.07, 6.45) is 3.93. The molecule has 0 aliphatic rings. The van der Waals surface area contributed by atoms with Crippen LogP contribution in [0.4, 0.5) is 4.39 Å². The maximum Gasteiger partial charge on any atom is 0.160 e. The first-order valence-corrected chi connectivity index (χ1v) is 8.73. The number of aryl methyl sites for hydroxylation is 1. The van der Waals surface area contributed by atoms with Gasteiger partial charge in [-0.1, -0.05) is 62.0 Å². The number of halogens is 3. The van der Waals surface area contributed by atoms with Gasteiger partial charge in [-0.25, -0.2) is 4.39 Å². The third-order valence-electron chi connectivity index (χ3n) is 4.08. The average molecular weight is 355 g/mol. The monoisotopic (exact) mass is 354 g/mol. The van der Waals surface area contributed by atoms with Gasteiger partial charge < -0.3 is 0 Å². The zero-order valence-corrected chi connectivity index (χ0v) is 15.2. The highest BCUT2D eigenvalue weighted by molar-refractivity contribution is 6.34. The summed E-state index contributed by atoms with van der Waals surface area (Å²) < 4.78 is 14.5. The molecule has 0 radical (unpaired) electrons.